The largest absolute Gasteiger partial charge is 0.508 e. The van der Waals surface area contributed by atoms with E-state index in [1.165, 1.54) is 32.2 Å². The summed E-state index contributed by atoms with van der Waals surface area (Å²) in [6.07, 6.45) is 1.41. The van der Waals surface area contributed by atoms with Crippen molar-refractivity contribution in [3.8, 4) is 17.1 Å². The Labute approximate surface area is 244 Å². The van der Waals surface area contributed by atoms with Crippen molar-refractivity contribution in [1.29, 1.82) is 0 Å². The number of Topliss-reactive ketones (excluding diaryl/α,β-unsaturated/α-hetero) is 1. The summed E-state index contributed by atoms with van der Waals surface area (Å²) in [6, 6.07) is 8.95. The fraction of sp³-hybridized carbons (Fsp3) is 0.259. The van der Waals surface area contributed by atoms with Gasteiger partial charge >= 0.3 is 0 Å². The van der Waals surface area contributed by atoms with Gasteiger partial charge in [0.05, 0.1) is 34.9 Å². The van der Waals surface area contributed by atoms with Crippen LogP contribution in [0.1, 0.15) is 30.1 Å². The van der Waals surface area contributed by atoms with Crippen molar-refractivity contribution in [1.82, 2.24) is 26.3 Å². The summed E-state index contributed by atoms with van der Waals surface area (Å²) in [5, 5.41) is 19.8. The molecule has 0 saturated heterocycles. The van der Waals surface area contributed by atoms with Crippen LogP contribution in [-0.2, 0) is 25.6 Å². The second kappa shape index (κ2) is 14.3. The average Bonchev–Trinajstić information content (AvgIpc) is 3.40. The van der Waals surface area contributed by atoms with Crippen LogP contribution >= 0.6 is 23.2 Å². The van der Waals surface area contributed by atoms with Gasteiger partial charge in [-0.25, -0.2) is 4.98 Å². The van der Waals surface area contributed by atoms with Crippen molar-refractivity contribution in [2.45, 2.75) is 32.4 Å². The van der Waals surface area contributed by atoms with Gasteiger partial charge in [-0.2, -0.15) is 0 Å². The number of rotatable bonds is 12. The van der Waals surface area contributed by atoms with Crippen LogP contribution in [0.3, 0.4) is 0 Å². The Morgan fingerprint density at radius 3 is 2.20 bits per heavy atom. The maximum Gasteiger partial charge on any atom is 0.265 e. The summed E-state index contributed by atoms with van der Waals surface area (Å²) in [5.74, 6) is -3.06. The molecular formula is C27H27Cl2N5O7. The molecule has 0 radical (unpaired) electrons. The molecule has 41 heavy (non-hydrogen) atoms. The number of carbonyl (C=O) groups is 5. The van der Waals surface area contributed by atoms with Gasteiger partial charge in [-0.15, -0.1) is 0 Å². The van der Waals surface area contributed by atoms with Crippen LogP contribution in [-0.4, -0.2) is 64.7 Å². The van der Waals surface area contributed by atoms with E-state index in [9.17, 15) is 29.1 Å². The number of phenolic OH excluding ortho intramolecular Hbond substituents is 1. The van der Waals surface area contributed by atoms with Gasteiger partial charge in [0.25, 0.3) is 5.89 Å². The van der Waals surface area contributed by atoms with Gasteiger partial charge in [-0.1, -0.05) is 41.4 Å². The van der Waals surface area contributed by atoms with Gasteiger partial charge < -0.3 is 30.8 Å². The minimum absolute atomic E-state index is 0.0547. The smallest absolute Gasteiger partial charge is 0.265 e. The molecule has 14 heteroatoms. The number of hydrogen-bond acceptors (Lipinski definition) is 8. The predicted octanol–water partition coefficient (Wildman–Crippen LogP) is 2.02. The summed E-state index contributed by atoms with van der Waals surface area (Å²) < 4.78 is 5.46. The number of ketones is 1. The maximum atomic E-state index is 12.6. The molecule has 5 N–H and O–H groups in total. The van der Waals surface area contributed by atoms with Crippen molar-refractivity contribution < 1.29 is 33.5 Å². The second-order valence-corrected chi connectivity index (χ2v) is 9.71. The lowest BCUT2D eigenvalue weighted by Gasteiger charge is -2.18. The number of phenols is 1. The molecule has 12 nitrogen and oxygen atoms in total. The van der Waals surface area contributed by atoms with Crippen LogP contribution in [0.2, 0.25) is 10.0 Å². The number of amides is 4. The summed E-state index contributed by atoms with van der Waals surface area (Å²) in [4.78, 5) is 65.3. The first kappa shape index (κ1) is 31.1. The third-order valence-electron chi connectivity index (χ3n) is 5.64. The molecule has 1 heterocycles. The number of oxazole rings is 1. The molecule has 3 aromatic rings. The molecule has 4 amide bonds. The number of aromatic nitrogens is 1. The first-order valence-corrected chi connectivity index (χ1v) is 13.0. The fourth-order valence-electron chi connectivity index (χ4n) is 3.62. The van der Waals surface area contributed by atoms with Gasteiger partial charge in [0.2, 0.25) is 29.4 Å². The molecule has 0 aliphatic rings. The minimum atomic E-state index is -1.04. The molecule has 0 aliphatic carbocycles. The van der Waals surface area contributed by atoms with Crippen LogP contribution in [0, 0.1) is 0 Å². The number of nitrogens with one attached hydrogen (secondary N) is 4. The Kier molecular flexibility index (Phi) is 10.8. The zero-order chi connectivity index (χ0) is 30.1. The molecular weight excluding hydrogens is 577 g/mol. The van der Waals surface area contributed by atoms with Crippen LogP contribution in [0.4, 0.5) is 0 Å². The van der Waals surface area contributed by atoms with E-state index in [0.29, 0.717) is 21.2 Å². The van der Waals surface area contributed by atoms with E-state index in [1.807, 2.05) is 0 Å². The van der Waals surface area contributed by atoms with E-state index < -0.39 is 54.6 Å². The van der Waals surface area contributed by atoms with Gasteiger partial charge in [0, 0.05) is 13.3 Å². The van der Waals surface area contributed by atoms with Gasteiger partial charge in [-0.3, -0.25) is 24.0 Å². The average molecular weight is 604 g/mol. The second-order valence-electron chi connectivity index (χ2n) is 8.90. The van der Waals surface area contributed by atoms with Crippen LogP contribution in [0.5, 0.6) is 5.75 Å². The van der Waals surface area contributed by atoms with Crippen molar-refractivity contribution in [2.24, 2.45) is 0 Å². The zero-order valence-electron chi connectivity index (χ0n) is 22.0. The molecule has 0 fully saturated rings. The number of benzene rings is 2. The Morgan fingerprint density at radius 1 is 0.927 bits per heavy atom. The molecule has 1 aromatic heterocycles. The first-order valence-electron chi connectivity index (χ1n) is 12.3. The lowest BCUT2D eigenvalue weighted by atomic mass is 10.0. The third-order valence-corrected chi connectivity index (χ3v) is 6.27. The minimum Gasteiger partial charge on any atom is -0.508 e. The highest BCUT2D eigenvalue weighted by molar-refractivity contribution is 6.39. The molecule has 0 bridgehead atoms. The Morgan fingerprint density at radius 2 is 1.56 bits per heavy atom. The van der Waals surface area contributed by atoms with Crippen molar-refractivity contribution >= 4 is 52.6 Å². The SMILES string of the molecule is CC(=O)N[C@@H](Cc1ccc(O)cc1)C(=O)NCC(=O)N[C@@H](C)C(=O)NCC(=O)c1ncc(-c2c(Cl)cccc2Cl)o1. The summed E-state index contributed by atoms with van der Waals surface area (Å²) in [7, 11) is 0. The maximum absolute atomic E-state index is 12.6. The van der Waals surface area contributed by atoms with Gasteiger partial charge in [0.1, 0.15) is 17.8 Å². The van der Waals surface area contributed by atoms with Crippen LogP contribution < -0.4 is 21.3 Å². The molecule has 2 aromatic carbocycles. The fourth-order valence-corrected chi connectivity index (χ4v) is 4.20. The Bertz CT molecular complexity index is 1420. The predicted molar refractivity (Wildman–Crippen MR) is 149 cm³/mol. The first-order chi connectivity index (χ1) is 19.4. The summed E-state index contributed by atoms with van der Waals surface area (Å²) >= 11 is 12.3. The molecule has 0 unspecified atom stereocenters. The highest BCUT2D eigenvalue weighted by atomic mass is 35.5. The third kappa shape index (κ3) is 9.05. The number of hydrogen-bond donors (Lipinski definition) is 5. The van der Waals surface area contributed by atoms with Crippen molar-refractivity contribution in [2.75, 3.05) is 13.1 Å². The Hall–Kier alpha value is -4.42. The van der Waals surface area contributed by atoms with Crippen molar-refractivity contribution in [3.05, 3.63) is 70.2 Å². The van der Waals surface area contributed by atoms with E-state index >= 15 is 0 Å². The lowest BCUT2D eigenvalue weighted by Crippen LogP contribution is -2.52. The molecule has 2 atom stereocenters. The number of aromatic hydroxyl groups is 1. The summed E-state index contributed by atoms with van der Waals surface area (Å²) in [5.41, 5.74) is 1.05. The summed E-state index contributed by atoms with van der Waals surface area (Å²) in [6.45, 7) is 1.73. The standard InChI is InChI=1S/C27H27Cl2N5O7/c1-14(25(39)30-11-21(37)27-32-12-22(41-27)24-18(28)4-3-5-19(24)29)33-23(38)13-31-26(40)20(34-15(2)35)10-16-6-8-17(36)9-7-16/h3-9,12,14,20,36H,10-11,13H2,1-2H3,(H,30,39)(H,31,40)(H,33,38)(H,34,35)/t14-,20-/m0/s1. The molecule has 3 rings (SSSR count). The van der Waals surface area contributed by atoms with E-state index in [4.69, 9.17) is 27.6 Å². The number of nitrogens with zero attached hydrogens (tertiary/aromatic N) is 1. The van der Waals surface area contributed by atoms with Gasteiger partial charge in [0.15, 0.2) is 5.76 Å². The van der Waals surface area contributed by atoms with Crippen molar-refractivity contribution in [3.63, 3.8) is 0 Å². The van der Waals surface area contributed by atoms with E-state index in [1.54, 1.807) is 30.3 Å². The van der Waals surface area contributed by atoms with Gasteiger partial charge in [-0.05, 0) is 36.8 Å². The van der Waals surface area contributed by atoms with E-state index in [2.05, 4.69) is 26.3 Å². The normalized spacial score (nSPS) is 12.1. The molecule has 0 spiro atoms. The topological polar surface area (TPSA) is 180 Å². The number of halogens is 2. The molecule has 216 valence electrons. The van der Waals surface area contributed by atoms with E-state index in [0.717, 1.165) is 0 Å². The van der Waals surface area contributed by atoms with E-state index in [-0.39, 0.29) is 23.8 Å². The lowest BCUT2D eigenvalue weighted by molar-refractivity contribution is -0.131. The zero-order valence-corrected chi connectivity index (χ0v) is 23.5. The monoisotopic (exact) mass is 603 g/mol. The highest BCUT2D eigenvalue weighted by Gasteiger charge is 2.23. The highest BCUT2D eigenvalue weighted by Crippen LogP contribution is 2.34. The number of carbonyl (C=O) groups excluding carboxylic acids is 5. The van der Waals surface area contributed by atoms with Crippen LogP contribution in [0.25, 0.3) is 11.3 Å². The van der Waals surface area contributed by atoms with Crippen LogP contribution in [0.15, 0.2) is 53.1 Å². The molecule has 0 aliphatic heterocycles. The quantitative estimate of drug-likeness (QED) is 0.195. The molecule has 0 saturated carbocycles. The Balaban J connectivity index is 1.47.